The molecule has 2 N–H and O–H groups in total. The van der Waals surface area contributed by atoms with Gasteiger partial charge >= 0.3 is 6.03 Å². The third kappa shape index (κ3) is 3.45. The lowest BCUT2D eigenvalue weighted by Crippen LogP contribution is -2.42. The Morgan fingerprint density at radius 3 is 2.66 bits per heavy atom. The number of nitrogens with zero attached hydrogens (tertiary/aromatic N) is 3. The molecule has 1 aliphatic heterocycles. The summed E-state index contributed by atoms with van der Waals surface area (Å²) < 4.78 is 5.56. The van der Waals surface area contributed by atoms with Gasteiger partial charge < -0.3 is 20.1 Å². The number of likely N-dealkylation sites (tertiary alicyclic amines) is 1. The predicted molar refractivity (Wildman–Crippen MR) is 107 cm³/mol. The Kier molecular flexibility index (Phi) is 4.64. The van der Waals surface area contributed by atoms with E-state index in [2.05, 4.69) is 20.8 Å². The molecule has 8 heteroatoms. The zero-order valence-corrected chi connectivity index (χ0v) is 16.7. The van der Waals surface area contributed by atoms with Crippen LogP contribution < -0.4 is 10.6 Å². The molecule has 2 aromatic heterocycles. The van der Waals surface area contributed by atoms with Gasteiger partial charge in [0, 0.05) is 43.7 Å². The first kappa shape index (κ1) is 18.4. The molecule has 0 aromatic carbocycles. The molecule has 5 rings (SSSR count). The van der Waals surface area contributed by atoms with E-state index in [1.807, 2.05) is 11.0 Å². The Balaban J connectivity index is 1.40. The number of hydrogen-bond donors (Lipinski definition) is 2. The van der Waals surface area contributed by atoms with Gasteiger partial charge in [-0.3, -0.25) is 4.79 Å². The van der Waals surface area contributed by atoms with Crippen LogP contribution in [0, 0.1) is 0 Å². The summed E-state index contributed by atoms with van der Waals surface area (Å²) in [6, 6.07) is 2.20. The number of rotatable bonds is 4. The van der Waals surface area contributed by atoms with E-state index in [1.54, 1.807) is 7.05 Å². The monoisotopic (exact) mass is 397 g/mol. The number of amides is 3. The minimum Gasteiger partial charge on any atom is -0.355 e. The molecular weight excluding hydrogens is 370 g/mol. The Bertz CT molecular complexity index is 945. The SMILES string of the molecule is CNC(=O)c1cc(C2CC2)nc2onc(C3CCN(C(=O)NC4CCCC4)C3)c12. The molecule has 1 saturated heterocycles. The smallest absolute Gasteiger partial charge is 0.317 e. The van der Waals surface area contributed by atoms with Gasteiger partial charge in [-0.05, 0) is 38.2 Å². The van der Waals surface area contributed by atoms with Gasteiger partial charge in [-0.25, -0.2) is 9.78 Å². The van der Waals surface area contributed by atoms with Crippen LogP contribution in [0.4, 0.5) is 4.79 Å². The molecule has 0 bridgehead atoms. The highest BCUT2D eigenvalue weighted by Crippen LogP contribution is 2.41. The highest BCUT2D eigenvalue weighted by molar-refractivity contribution is 6.06. The molecule has 3 fully saturated rings. The summed E-state index contributed by atoms with van der Waals surface area (Å²) in [7, 11) is 1.63. The maximum absolute atomic E-state index is 12.6. The first-order chi connectivity index (χ1) is 14.1. The third-order valence-corrected chi connectivity index (χ3v) is 6.50. The van der Waals surface area contributed by atoms with Crippen molar-refractivity contribution in [2.45, 2.75) is 62.8 Å². The van der Waals surface area contributed by atoms with Gasteiger partial charge in [-0.15, -0.1) is 0 Å². The van der Waals surface area contributed by atoms with Gasteiger partial charge in [-0.2, -0.15) is 0 Å². The van der Waals surface area contributed by atoms with Gasteiger partial charge in [0.05, 0.1) is 16.6 Å². The third-order valence-electron chi connectivity index (χ3n) is 6.50. The van der Waals surface area contributed by atoms with E-state index in [4.69, 9.17) is 4.52 Å². The number of carbonyl (C=O) groups excluding carboxylic acids is 2. The molecule has 2 aliphatic carbocycles. The lowest BCUT2D eigenvalue weighted by molar-refractivity contribution is 0.0964. The van der Waals surface area contributed by atoms with Crippen LogP contribution in [0.5, 0.6) is 0 Å². The highest BCUT2D eigenvalue weighted by Gasteiger charge is 2.34. The van der Waals surface area contributed by atoms with E-state index in [-0.39, 0.29) is 17.9 Å². The number of carbonyl (C=O) groups is 2. The number of urea groups is 1. The van der Waals surface area contributed by atoms with Crippen molar-refractivity contribution in [3.05, 3.63) is 23.0 Å². The molecule has 2 aromatic rings. The van der Waals surface area contributed by atoms with Gasteiger partial charge in [0.1, 0.15) is 0 Å². The van der Waals surface area contributed by atoms with Crippen LogP contribution in [-0.2, 0) is 0 Å². The second-order valence-electron chi connectivity index (χ2n) is 8.56. The van der Waals surface area contributed by atoms with E-state index in [1.165, 1.54) is 12.8 Å². The molecule has 0 radical (unpaired) electrons. The molecular formula is C21H27N5O3. The largest absolute Gasteiger partial charge is 0.355 e. The lowest BCUT2D eigenvalue weighted by Gasteiger charge is -2.20. The highest BCUT2D eigenvalue weighted by atomic mass is 16.5. The van der Waals surface area contributed by atoms with Crippen LogP contribution in [0.2, 0.25) is 0 Å². The first-order valence-electron chi connectivity index (χ1n) is 10.7. The molecule has 154 valence electrons. The average Bonchev–Trinajstić information content (AvgIpc) is 3.12. The van der Waals surface area contributed by atoms with Crippen LogP contribution in [0.3, 0.4) is 0 Å². The van der Waals surface area contributed by atoms with Crippen LogP contribution in [0.1, 0.15) is 78.5 Å². The summed E-state index contributed by atoms with van der Waals surface area (Å²) in [5, 5.41) is 10.9. The normalized spacial score (nSPS) is 22.4. The lowest BCUT2D eigenvalue weighted by atomic mass is 9.98. The molecule has 0 spiro atoms. The molecule has 29 heavy (non-hydrogen) atoms. The molecule has 3 aliphatic rings. The second kappa shape index (κ2) is 7.31. The van der Waals surface area contributed by atoms with Crippen LogP contribution in [0.15, 0.2) is 10.6 Å². The van der Waals surface area contributed by atoms with E-state index < -0.39 is 0 Å². The summed E-state index contributed by atoms with van der Waals surface area (Å²) in [5.41, 5.74) is 2.65. The van der Waals surface area contributed by atoms with Crippen molar-refractivity contribution in [3.8, 4) is 0 Å². The Hall–Kier alpha value is -2.64. The summed E-state index contributed by atoms with van der Waals surface area (Å²) in [4.78, 5) is 31.7. The van der Waals surface area contributed by atoms with E-state index in [9.17, 15) is 9.59 Å². The molecule has 1 atom stereocenters. The minimum atomic E-state index is -0.155. The maximum atomic E-state index is 12.6. The quantitative estimate of drug-likeness (QED) is 0.826. The van der Waals surface area contributed by atoms with Crippen molar-refractivity contribution in [3.63, 3.8) is 0 Å². The summed E-state index contributed by atoms with van der Waals surface area (Å²) >= 11 is 0. The van der Waals surface area contributed by atoms with Gasteiger partial charge in [0.2, 0.25) is 0 Å². The van der Waals surface area contributed by atoms with Crippen molar-refractivity contribution in [2.24, 2.45) is 0 Å². The van der Waals surface area contributed by atoms with Gasteiger partial charge in [0.15, 0.2) is 0 Å². The molecule has 2 saturated carbocycles. The Labute approximate surface area is 169 Å². The fourth-order valence-electron chi connectivity index (χ4n) is 4.68. The number of hydrogen-bond acceptors (Lipinski definition) is 5. The van der Waals surface area contributed by atoms with Crippen molar-refractivity contribution in [1.29, 1.82) is 0 Å². The van der Waals surface area contributed by atoms with Crippen LogP contribution in [0.25, 0.3) is 11.1 Å². The number of nitrogens with one attached hydrogen (secondary N) is 2. The van der Waals surface area contributed by atoms with E-state index in [0.29, 0.717) is 41.7 Å². The fraction of sp³-hybridized carbons (Fsp3) is 0.619. The fourth-order valence-corrected chi connectivity index (χ4v) is 4.68. The number of fused-ring (bicyclic) bond motifs is 1. The maximum Gasteiger partial charge on any atom is 0.317 e. The number of pyridine rings is 1. The second-order valence-corrected chi connectivity index (χ2v) is 8.56. The predicted octanol–water partition coefficient (Wildman–Crippen LogP) is 2.90. The van der Waals surface area contributed by atoms with Crippen molar-refractivity contribution >= 4 is 23.0 Å². The molecule has 3 amide bonds. The zero-order valence-electron chi connectivity index (χ0n) is 16.7. The van der Waals surface area contributed by atoms with Crippen LogP contribution in [-0.4, -0.2) is 53.2 Å². The molecule has 3 heterocycles. The van der Waals surface area contributed by atoms with E-state index in [0.717, 1.165) is 43.5 Å². The summed E-state index contributed by atoms with van der Waals surface area (Å²) in [6.45, 7) is 1.26. The Morgan fingerprint density at radius 1 is 1.14 bits per heavy atom. The van der Waals surface area contributed by atoms with Gasteiger partial charge in [-0.1, -0.05) is 18.0 Å². The average molecular weight is 397 g/mol. The summed E-state index contributed by atoms with van der Waals surface area (Å²) in [6.07, 6.45) is 7.52. The zero-order chi connectivity index (χ0) is 20.0. The summed E-state index contributed by atoms with van der Waals surface area (Å²) in [5.74, 6) is 0.303. The van der Waals surface area contributed by atoms with Crippen molar-refractivity contribution < 1.29 is 14.1 Å². The topological polar surface area (TPSA) is 100 Å². The van der Waals surface area contributed by atoms with Crippen molar-refractivity contribution in [2.75, 3.05) is 20.1 Å². The van der Waals surface area contributed by atoms with E-state index >= 15 is 0 Å². The van der Waals surface area contributed by atoms with Crippen molar-refractivity contribution in [1.82, 2.24) is 25.7 Å². The molecule has 8 nitrogen and oxygen atoms in total. The standard InChI is InChI=1S/C21H27N5O3/c1-22-19(27)15-10-16(12-6-7-12)24-20-17(15)18(25-29-20)13-8-9-26(11-13)21(28)23-14-4-2-3-5-14/h10,12-14H,2-9,11H2,1H3,(H,22,27)(H,23,28). The Morgan fingerprint density at radius 2 is 1.93 bits per heavy atom. The first-order valence-corrected chi connectivity index (χ1v) is 10.7. The van der Waals surface area contributed by atoms with Gasteiger partial charge in [0.25, 0.3) is 11.6 Å². The minimum absolute atomic E-state index is 0.00729. The van der Waals surface area contributed by atoms with Crippen LogP contribution >= 0.6 is 0 Å². The number of aromatic nitrogens is 2. The molecule has 1 unspecified atom stereocenters.